The van der Waals surface area contributed by atoms with Gasteiger partial charge in [-0.05, 0) is 25.2 Å². The predicted molar refractivity (Wildman–Crippen MR) is 55.2 cm³/mol. The van der Waals surface area contributed by atoms with Crippen molar-refractivity contribution in [2.45, 2.75) is 58.8 Å². The summed E-state index contributed by atoms with van der Waals surface area (Å²) in [6.45, 7) is 4.52. The third kappa shape index (κ3) is 2.72. The van der Waals surface area contributed by atoms with E-state index in [1.54, 1.807) is 0 Å². The van der Waals surface area contributed by atoms with E-state index in [0.29, 0.717) is 0 Å². The second-order valence-electron chi connectivity index (χ2n) is 4.70. The van der Waals surface area contributed by atoms with Crippen molar-refractivity contribution >= 4 is 0 Å². The van der Waals surface area contributed by atoms with Gasteiger partial charge in [-0.1, -0.05) is 39.5 Å². The average molecular weight is 179 g/mol. The van der Waals surface area contributed by atoms with Crippen LogP contribution in [-0.2, 0) is 0 Å². The molecule has 1 unspecified atom stereocenters. The van der Waals surface area contributed by atoms with Crippen LogP contribution in [0, 0.1) is 22.7 Å². The Morgan fingerprint density at radius 1 is 1.38 bits per heavy atom. The van der Waals surface area contributed by atoms with Crippen molar-refractivity contribution in [3.8, 4) is 6.07 Å². The van der Waals surface area contributed by atoms with Crippen molar-refractivity contribution in [2.75, 3.05) is 0 Å². The van der Waals surface area contributed by atoms with Gasteiger partial charge in [0.15, 0.2) is 0 Å². The van der Waals surface area contributed by atoms with Gasteiger partial charge in [-0.15, -0.1) is 0 Å². The highest BCUT2D eigenvalue weighted by atomic mass is 14.4. The SMILES string of the molecule is CCCC(C)CC1(C#N)CCCC1. The molecule has 0 aromatic rings. The molecule has 0 bridgehead atoms. The fourth-order valence-electron chi connectivity index (χ4n) is 2.68. The van der Waals surface area contributed by atoms with E-state index in [0.717, 1.165) is 25.2 Å². The molecule has 1 nitrogen and oxygen atoms in total. The van der Waals surface area contributed by atoms with E-state index in [1.807, 2.05) is 0 Å². The second-order valence-corrected chi connectivity index (χ2v) is 4.70. The van der Waals surface area contributed by atoms with Crippen LogP contribution >= 0.6 is 0 Å². The van der Waals surface area contributed by atoms with Crippen molar-refractivity contribution in [1.29, 1.82) is 5.26 Å². The minimum Gasteiger partial charge on any atom is -0.198 e. The topological polar surface area (TPSA) is 23.8 Å². The van der Waals surface area contributed by atoms with Crippen molar-refractivity contribution in [3.05, 3.63) is 0 Å². The molecule has 1 aliphatic carbocycles. The molecule has 1 fully saturated rings. The maximum atomic E-state index is 9.18. The molecular weight excluding hydrogens is 158 g/mol. The molecule has 1 atom stereocenters. The Kier molecular flexibility index (Phi) is 3.78. The van der Waals surface area contributed by atoms with E-state index in [-0.39, 0.29) is 5.41 Å². The van der Waals surface area contributed by atoms with E-state index in [1.165, 1.54) is 25.7 Å². The van der Waals surface area contributed by atoms with E-state index >= 15 is 0 Å². The molecule has 1 rings (SSSR count). The lowest BCUT2D eigenvalue weighted by Crippen LogP contribution is -2.17. The van der Waals surface area contributed by atoms with Crippen LogP contribution in [0.5, 0.6) is 0 Å². The van der Waals surface area contributed by atoms with E-state index in [9.17, 15) is 5.26 Å². The van der Waals surface area contributed by atoms with Gasteiger partial charge in [-0.2, -0.15) is 5.26 Å². The quantitative estimate of drug-likeness (QED) is 0.642. The Labute approximate surface area is 82.1 Å². The smallest absolute Gasteiger partial charge is 0.0689 e. The molecule has 0 N–H and O–H groups in total. The highest BCUT2D eigenvalue weighted by molar-refractivity contribution is 5.02. The molecule has 0 aromatic heterocycles. The van der Waals surface area contributed by atoms with E-state index in [4.69, 9.17) is 0 Å². The molecule has 0 radical (unpaired) electrons. The minimum absolute atomic E-state index is 0.0641. The van der Waals surface area contributed by atoms with Gasteiger partial charge in [-0.3, -0.25) is 0 Å². The molecule has 0 heterocycles. The highest BCUT2D eigenvalue weighted by Gasteiger charge is 2.34. The van der Waals surface area contributed by atoms with Crippen molar-refractivity contribution < 1.29 is 0 Å². The number of nitriles is 1. The summed E-state index contributed by atoms with van der Waals surface area (Å²) >= 11 is 0. The number of rotatable bonds is 4. The Bertz CT molecular complexity index is 184. The first-order valence-electron chi connectivity index (χ1n) is 5.64. The van der Waals surface area contributed by atoms with Crippen LogP contribution in [0.3, 0.4) is 0 Å². The van der Waals surface area contributed by atoms with Crippen LogP contribution in [0.2, 0.25) is 0 Å². The lowest BCUT2D eigenvalue weighted by atomic mass is 9.78. The lowest BCUT2D eigenvalue weighted by Gasteiger charge is -2.23. The average Bonchev–Trinajstić information content (AvgIpc) is 2.54. The summed E-state index contributed by atoms with van der Waals surface area (Å²) in [7, 11) is 0. The van der Waals surface area contributed by atoms with E-state index < -0.39 is 0 Å². The van der Waals surface area contributed by atoms with Crippen LogP contribution in [0.4, 0.5) is 0 Å². The fraction of sp³-hybridized carbons (Fsp3) is 0.917. The Morgan fingerprint density at radius 2 is 2.00 bits per heavy atom. The summed E-state index contributed by atoms with van der Waals surface area (Å²) < 4.78 is 0. The van der Waals surface area contributed by atoms with Crippen molar-refractivity contribution in [1.82, 2.24) is 0 Å². The first kappa shape index (κ1) is 10.6. The lowest BCUT2D eigenvalue weighted by molar-refractivity contribution is 0.297. The van der Waals surface area contributed by atoms with Crippen molar-refractivity contribution in [3.63, 3.8) is 0 Å². The van der Waals surface area contributed by atoms with Crippen LogP contribution in [0.1, 0.15) is 58.8 Å². The Hall–Kier alpha value is -0.510. The first-order chi connectivity index (χ1) is 6.22. The number of nitrogens with zero attached hydrogens (tertiary/aromatic N) is 1. The maximum Gasteiger partial charge on any atom is 0.0689 e. The van der Waals surface area contributed by atoms with Crippen molar-refractivity contribution in [2.24, 2.45) is 11.3 Å². The standard InChI is InChI=1S/C12H21N/c1-3-6-11(2)9-12(10-13)7-4-5-8-12/h11H,3-9H2,1-2H3. The molecule has 0 aromatic carbocycles. The van der Waals surface area contributed by atoms with Crippen LogP contribution in [0.25, 0.3) is 0 Å². The zero-order valence-electron chi connectivity index (χ0n) is 8.97. The normalized spacial score (nSPS) is 22.5. The first-order valence-corrected chi connectivity index (χ1v) is 5.64. The van der Waals surface area contributed by atoms with Gasteiger partial charge < -0.3 is 0 Å². The van der Waals surface area contributed by atoms with Gasteiger partial charge in [0.05, 0.1) is 11.5 Å². The molecule has 13 heavy (non-hydrogen) atoms. The van der Waals surface area contributed by atoms with Gasteiger partial charge in [-0.25, -0.2) is 0 Å². The molecule has 1 aliphatic rings. The highest BCUT2D eigenvalue weighted by Crippen LogP contribution is 2.43. The number of hydrogen-bond donors (Lipinski definition) is 0. The molecule has 1 saturated carbocycles. The summed E-state index contributed by atoms with van der Waals surface area (Å²) in [6.07, 6.45) is 8.51. The zero-order chi connectivity index (χ0) is 9.73. The zero-order valence-corrected chi connectivity index (χ0v) is 8.97. The van der Waals surface area contributed by atoms with Crippen LogP contribution in [-0.4, -0.2) is 0 Å². The fourth-order valence-corrected chi connectivity index (χ4v) is 2.68. The Morgan fingerprint density at radius 3 is 2.46 bits per heavy atom. The molecule has 0 saturated heterocycles. The van der Waals surface area contributed by atoms with Gasteiger partial charge in [0.1, 0.15) is 0 Å². The summed E-state index contributed by atoms with van der Waals surface area (Å²) in [5.41, 5.74) is 0.0641. The summed E-state index contributed by atoms with van der Waals surface area (Å²) in [6, 6.07) is 2.57. The second kappa shape index (κ2) is 4.65. The monoisotopic (exact) mass is 179 g/mol. The van der Waals surface area contributed by atoms with Gasteiger partial charge in [0, 0.05) is 0 Å². The van der Waals surface area contributed by atoms with E-state index in [2.05, 4.69) is 19.9 Å². The predicted octanol–water partition coefficient (Wildman–Crippen LogP) is 3.90. The van der Waals surface area contributed by atoms with Gasteiger partial charge in [0.25, 0.3) is 0 Å². The maximum absolute atomic E-state index is 9.18. The number of hydrogen-bond acceptors (Lipinski definition) is 1. The van der Waals surface area contributed by atoms with Crippen LogP contribution in [0.15, 0.2) is 0 Å². The summed E-state index contributed by atoms with van der Waals surface area (Å²) in [5.74, 6) is 0.739. The molecule has 1 heteroatoms. The van der Waals surface area contributed by atoms with Gasteiger partial charge in [0.2, 0.25) is 0 Å². The summed E-state index contributed by atoms with van der Waals surface area (Å²) in [4.78, 5) is 0. The molecule has 74 valence electrons. The Balaban J connectivity index is 2.44. The molecule has 0 amide bonds. The minimum atomic E-state index is 0.0641. The molecule has 0 aliphatic heterocycles. The molecule has 0 spiro atoms. The van der Waals surface area contributed by atoms with Crippen LogP contribution < -0.4 is 0 Å². The van der Waals surface area contributed by atoms with Gasteiger partial charge >= 0.3 is 0 Å². The third-order valence-electron chi connectivity index (χ3n) is 3.32. The third-order valence-corrected chi connectivity index (χ3v) is 3.32. The summed E-state index contributed by atoms with van der Waals surface area (Å²) in [5, 5.41) is 9.18. The largest absolute Gasteiger partial charge is 0.198 e. The molecular formula is C12H21N.